The van der Waals surface area contributed by atoms with E-state index in [9.17, 15) is 26.4 Å². The maximum absolute atomic E-state index is 12.9. The van der Waals surface area contributed by atoms with E-state index in [0.717, 1.165) is 22.5 Å². The number of carbonyl (C=O) groups excluding carboxylic acids is 1. The normalized spacial score (nSPS) is 18.7. The van der Waals surface area contributed by atoms with Gasteiger partial charge in [-0.2, -0.15) is 17.5 Å². The van der Waals surface area contributed by atoms with Gasteiger partial charge in [0.15, 0.2) is 0 Å². The molecule has 2 rings (SSSR count). The summed E-state index contributed by atoms with van der Waals surface area (Å²) in [5.74, 6) is -0.151. The molecule has 1 aliphatic rings. The molecule has 0 saturated carbocycles. The van der Waals surface area contributed by atoms with E-state index in [4.69, 9.17) is 0 Å². The van der Waals surface area contributed by atoms with Crippen molar-refractivity contribution in [2.75, 3.05) is 26.2 Å². The van der Waals surface area contributed by atoms with Crippen molar-refractivity contribution in [2.24, 2.45) is 0 Å². The molecular weight excluding hydrogens is 395 g/mol. The molecule has 0 aromatic heterocycles. The molecule has 1 aliphatic heterocycles. The van der Waals surface area contributed by atoms with Gasteiger partial charge >= 0.3 is 6.18 Å². The van der Waals surface area contributed by atoms with Crippen molar-refractivity contribution in [1.82, 2.24) is 14.5 Å². The summed E-state index contributed by atoms with van der Waals surface area (Å²) in [6.45, 7) is 8.20. The van der Waals surface area contributed by atoms with Gasteiger partial charge in [-0.15, -0.1) is 0 Å². The van der Waals surface area contributed by atoms with Crippen LogP contribution < -0.4 is 5.32 Å². The number of nitrogens with zero attached hydrogens (tertiary/aromatic N) is 2. The SMILES string of the molecule is C[C@@H](C(=O)NC(C)(C)C)N1CCN(S(=O)(=O)c2cccc(C(F)(F)F)c2)CC1. The van der Waals surface area contributed by atoms with Crippen LogP contribution >= 0.6 is 0 Å². The number of carbonyl (C=O) groups is 1. The van der Waals surface area contributed by atoms with Crippen molar-refractivity contribution in [2.45, 2.75) is 50.3 Å². The fraction of sp³-hybridized carbons (Fsp3) is 0.611. The molecule has 0 radical (unpaired) electrons. The molecule has 1 saturated heterocycles. The zero-order chi connectivity index (χ0) is 21.3. The summed E-state index contributed by atoms with van der Waals surface area (Å²) in [5.41, 5.74) is -1.38. The van der Waals surface area contributed by atoms with Crippen LogP contribution in [0.25, 0.3) is 0 Å². The largest absolute Gasteiger partial charge is 0.416 e. The van der Waals surface area contributed by atoms with E-state index in [0.29, 0.717) is 19.2 Å². The average Bonchev–Trinajstić information content (AvgIpc) is 2.59. The van der Waals surface area contributed by atoms with Crippen LogP contribution in [0.2, 0.25) is 0 Å². The lowest BCUT2D eigenvalue weighted by Crippen LogP contribution is -2.56. The number of alkyl halides is 3. The molecule has 1 amide bonds. The molecule has 0 bridgehead atoms. The molecule has 1 aromatic rings. The number of amides is 1. The van der Waals surface area contributed by atoms with Gasteiger partial charge in [-0.3, -0.25) is 9.69 Å². The number of benzene rings is 1. The molecule has 1 atom stereocenters. The summed E-state index contributed by atoms with van der Waals surface area (Å²) in [6, 6.07) is 3.31. The molecule has 1 fully saturated rings. The van der Waals surface area contributed by atoms with Gasteiger partial charge in [0.1, 0.15) is 0 Å². The van der Waals surface area contributed by atoms with E-state index < -0.39 is 27.8 Å². The summed E-state index contributed by atoms with van der Waals surface area (Å²) >= 11 is 0. The smallest absolute Gasteiger partial charge is 0.350 e. The second-order valence-corrected chi connectivity index (χ2v) is 9.82. The lowest BCUT2D eigenvalue weighted by atomic mass is 10.1. The van der Waals surface area contributed by atoms with Crippen molar-refractivity contribution in [3.05, 3.63) is 29.8 Å². The molecule has 0 unspecified atom stereocenters. The molecule has 1 aromatic carbocycles. The zero-order valence-corrected chi connectivity index (χ0v) is 17.2. The van der Waals surface area contributed by atoms with Crippen LogP contribution in [-0.2, 0) is 21.0 Å². The Morgan fingerprint density at radius 2 is 1.68 bits per heavy atom. The van der Waals surface area contributed by atoms with E-state index >= 15 is 0 Å². The maximum atomic E-state index is 12.9. The first kappa shape index (κ1) is 22.6. The number of hydrogen-bond acceptors (Lipinski definition) is 4. The highest BCUT2D eigenvalue weighted by atomic mass is 32.2. The lowest BCUT2D eigenvalue weighted by molar-refractivity contribution is -0.137. The molecule has 1 heterocycles. The molecule has 158 valence electrons. The second kappa shape index (κ2) is 8.00. The Labute approximate surface area is 163 Å². The number of rotatable bonds is 4. The van der Waals surface area contributed by atoms with Crippen LogP contribution in [0.4, 0.5) is 13.2 Å². The third kappa shape index (κ3) is 5.45. The quantitative estimate of drug-likeness (QED) is 0.810. The summed E-state index contributed by atoms with van der Waals surface area (Å²) in [4.78, 5) is 13.8. The topological polar surface area (TPSA) is 69.7 Å². The fourth-order valence-electron chi connectivity index (χ4n) is 2.95. The van der Waals surface area contributed by atoms with Crippen LogP contribution in [0.3, 0.4) is 0 Å². The number of halogens is 3. The van der Waals surface area contributed by atoms with Crippen molar-refractivity contribution in [3.8, 4) is 0 Å². The van der Waals surface area contributed by atoms with E-state index in [1.165, 1.54) is 0 Å². The number of nitrogens with one attached hydrogen (secondary N) is 1. The third-order valence-corrected chi connectivity index (χ3v) is 6.39. The average molecular weight is 421 g/mol. The number of hydrogen-bond donors (Lipinski definition) is 1. The highest BCUT2D eigenvalue weighted by molar-refractivity contribution is 7.89. The molecule has 0 aliphatic carbocycles. The Balaban J connectivity index is 2.07. The molecule has 0 spiro atoms. The van der Waals surface area contributed by atoms with Crippen LogP contribution in [0.1, 0.15) is 33.3 Å². The van der Waals surface area contributed by atoms with E-state index in [1.54, 1.807) is 6.92 Å². The highest BCUT2D eigenvalue weighted by Crippen LogP contribution is 2.31. The third-order valence-electron chi connectivity index (χ3n) is 4.50. The maximum Gasteiger partial charge on any atom is 0.416 e. The molecule has 1 N–H and O–H groups in total. The van der Waals surface area contributed by atoms with Gasteiger partial charge in [-0.1, -0.05) is 6.07 Å². The Hall–Kier alpha value is -1.65. The first-order valence-corrected chi connectivity index (χ1v) is 10.4. The zero-order valence-electron chi connectivity index (χ0n) is 16.4. The van der Waals surface area contributed by atoms with Gasteiger partial charge in [0.05, 0.1) is 16.5 Å². The monoisotopic (exact) mass is 421 g/mol. The Morgan fingerprint density at radius 3 is 2.18 bits per heavy atom. The standard InChI is InChI=1S/C18H26F3N3O3S/c1-13(16(25)22-17(2,3)4)23-8-10-24(11-9-23)28(26,27)15-7-5-6-14(12-15)18(19,20)21/h5-7,12-13H,8-11H2,1-4H3,(H,22,25)/t13-/m0/s1. The van der Waals surface area contributed by atoms with Crippen molar-refractivity contribution >= 4 is 15.9 Å². The van der Waals surface area contributed by atoms with Crippen molar-refractivity contribution < 1.29 is 26.4 Å². The van der Waals surface area contributed by atoms with Gasteiger partial charge in [-0.25, -0.2) is 8.42 Å². The van der Waals surface area contributed by atoms with E-state index in [1.807, 2.05) is 25.7 Å². The minimum absolute atomic E-state index is 0.103. The van der Waals surface area contributed by atoms with Gasteiger partial charge < -0.3 is 5.32 Å². The van der Waals surface area contributed by atoms with Gasteiger partial charge in [0.2, 0.25) is 15.9 Å². The fourth-order valence-corrected chi connectivity index (χ4v) is 4.42. The van der Waals surface area contributed by atoms with Crippen LogP contribution in [0.5, 0.6) is 0 Å². The van der Waals surface area contributed by atoms with E-state index in [-0.39, 0.29) is 29.4 Å². The van der Waals surface area contributed by atoms with Gasteiger partial charge in [0, 0.05) is 31.7 Å². The number of piperazine rings is 1. The molecule has 28 heavy (non-hydrogen) atoms. The lowest BCUT2D eigenvalue weighted by Gasteiger charge is -2.37. The summed E-state index contributed by atoms with van der Waals surface area (Å²) < 4.78 is 65.2. The minimum atomic E-state index is -4.61. The Bertz CT molecular complexity index is 811. The summed E-state index contributed by atoms with van der Waals surface area (Å²) in [5, 5.41) is 2.88. The van der Waals surface area contributed by atoms with Crippen molar-refractivity contribution in [3.63, 3.8) is 0 Å². The highest BCUT2D eigenvalue weighted by Gasteiger charge is 2.35. The van der Waals surface area contributed by atoms with Gasteiger partial charge in [-0.05, 0) is 45.9 Å². The predicted octanol–water partition coefficient (Wildman–Crippen LogP) is 2.31. The minimum Gasteiger partial charge on any atom is -0.350 e. The molecule has 6 nitrogen and oxygen atoms in total. The Morgan fingerprint density at radius 1 is 1.11 bits per heavy atom. The predicted molar refractivity (Wildman–Crippen MR) is 99.1 cm³/mol. The molecule has 10 heteroatoms. The first-order valence-electron chi connectivity index (χ1n) is 8.95. The Kier molecular flexibility index (Phi) is 6.47. The van der Waals surface area contributed by atoms with Gasteiger partial charge in [0.25, 0.3) is 0 Å². The van der Waals surface area contributed by atoms with Crippen LogP contribution in [0.15, 0.2) is 29.2 Å². The molecular formula is C18H26F3N3O3S. The van der Waals surface area contributed by atoms with Crippen LogP contribution in [0, 0.1) is 0 Å². The number of sulfonamides is 1. The first-order chi connectivity index (χ1) is 12.7. The summed E-state index contributed by atoms with van der Waals surface area (Å²) in [6.07, 6.45) is -4.61. The summed E-state index contributed by atoms with van der Waals surface area (Å²) in [7, 11) is -4.04. The van der Waals surface area contributed by atoms with Crippen molar-refractivity contribution in [1.29, 1.82) is 0 Å². The van der Waals surface area contributed by atoms with E-state index in [2.05, 4.69) is 5.32 Å². The second-order valence-electron chi connectivity index (χ2n) is 7.88. The van der Waals surface area contributed by atoms with Crippen LogP contribution in [-0.4, -0.2) is 61.3 Å².